The van der Waals surface area contributed by atoms with E-state index in [1.54, 1.807) is 0 Å². The Morgan fingerprint density at radius 2 is 1.88 bits per heavy atom. The van der Waals surface area contributed by atoms with E-state index in [1.807, 2.05) is 24.4 Å². The molecule has 8 nitrogen and oxygen atoms in total. The second-order valence-electron chi connectivity index (χ2n) is 8.56. The van der Waals surface area contributed by atoms with Gasteiger partial charge in [-0.15, -0.1) is 11.3 Å². The molecular formula is C23H29N7OS. The van der Waals surface area contributed by atoms with E-state index in [9.17, 15) is 5.11 Å². The molecular weight excluding hydrogens is 422 g/mol. The number of nitrogens with two attached hydrogens (primary N) is 1. The van der Waals surface area contributed by atoms with Gasteiger partial charge in [0.1, 0.15) is 16.9 Å². The molecule has 9 heteroatoms. The molecule has 32 heavy (non-hydrogen) atoms. The SMILES string of the molecule is Cc1nc2cc(C)c3c(N)c(C(O)NCc4ccc(N5CCN(C)CC5)cc4)sc3n2n1. The minimum Gasteiger partial charge on any atom is -0.397 e. The molecule has 168 valence electrons. The summed E-state index contributed by atoms with van der Waals surface area (Å²) in [5.41, 5.74) is 11.3. The van der Waals surface area contributed by atoms with E-state index in [0.29, 0.717) is 22.9 Å². The van der Waals surface area contributed by atoms with Gasteiger partial charge in [-0.25, -0.2) is 9.50 Å². The lowest BCUT2D eigenvalue weighted by Crippen LogP contribution is -2.44. The van der Waals surface area contributed by atoms with Crippen LogP contribution < -0.4 is 16.0 Å². The fourth-order valence-electron chi connectivity index (χ4n) is 4.32. The van der Waals surface area contributed by atoms with E-state index in [-0.39, 0.29) is 0 Å². The highest BCUT2D eigenvalue weighted by Crippen LogP contribution is 2.39. The number of aliphatic hydroxyl groups is 1. The monoisotopic (exact) mass is 451 g/mol. The van der Waals surface area contributed by atoms with Crippen molar-refractivity contribution in [3.63, 3.8) is 0 Å². The van der Waals surface area contributed by atoms with Crippen molar-refractivity contribution in [3.8, 4) is 0 Å². The summed E-state index contributed by atoms with van der Waals surface area (Å²) >= 11 is 1.46. The van der Waals surface area contributed by atoms with Crippen molar-refractivity contribution in [1.82, 2.24) is 24.8 Å². The van der Waals surface area contributed by atoms with Gasteiger partial charge >= 0.3 is 0 Å². The third kappa shape index (κ3) is 3.81. The number of hydrogen-bond donors (Lipinski definition) is 3. The highest BCUT2D eigenvalue weighted by molar-refractivity contribution is 7.19. The van der Waals surface area contributed by atoms with Gasteiger partial charge in [-0.3, -0.25) is 5.32 Å². The number of pyridine rings is 1. The van der Waals surface area contributed by atoms with Crippen LogP contribution in [0.15, 0.2) is 30.3 Å². The fourth-order valence-corrected chi connectivity index (χ4v) is 5.53. The van der Waals surface area contributed by atoms with Crippen molar-refractivity contribution >= 4 is 38.6 Å². The van der Waals surface area contributed by atoms with Gasteiger partial charge < -0.3 is 20.6 Å². The Labute approximate surface area is 191 Å². The first kappa shape index (κ1) is 21.1. The molecule has 4 aromatic rings. The van der Waals surface area contributed by atoms with Crippen LogP contribution in [0.2, 0.25) is 0 Å². The molecule has 1 saturated heterocycles. The van der Waals surface area contributed by atoms with Gasteiger partial charge in [-0.2, -0.15) is 5.10 Å². The first-order valence-corrected chi connectivity index (χ1v) is 11.7. The Morgan fingerprint density at radius 1 is 1.16 bits per heavy atom. The highest BCUT2D eigenvalue weighted by atomic mass is 32.1. The normalized spacial score (nSPS) is 16.3. The number of nitrogens with zero attached hydrogens (tertiary/aromatic N) is 5. The molecule has 0 bridgehead atoms. The number of thiophene rings is 1. The van der Waals surface area contributed by atoms with Crippen molar-refractivity contribution < 1.29 is 5.11 Å². The van der Waals surface area contributed by atoms with Crippen molar-refractivity contribution in [2.24, 2.45) is 0 Å². The molecule has 1 aliphatic rings. The Balaban J connectivity index is 1.32. The molecule has 3 aromatic heterocycles. The third-order valence-electron chi connectivity index (χ3n) is 6.18. The van der Waals surface area contributed by atoms with Crippen molar-refractivity contribution in [2.75, 3.05) is 43.9 Å². The minimum absolute atomic E-state index is 0.550. The Kier molecular flexibility index (Phi) is 5.50. The maximum atomic E-state index is 10.9. The second-order valence-corrected chi connectivity index (χ2v) is 9.59. The molecule has 4 N–H and O–H groups in total. The molecule has 1 atom stereocenters. The second kappa shape index (κ2) is 8.32. The highest BCUT2D eigenvalue weighted by Gasteiger charge is 2.21. The molecule has 0 spiro atoms. The van der Waals surface area contributed by atoms with E-state index < -0.39 is 6.23 Å². The van der Waals surface area contributed by atoms with Crippen LogP contribution >= 0.6 is 11.3 Å². The number of aryl methyl sites for hydroxylation is 2. The molecule has 1 aliphatic heterocycles. The largest absolute Gasteiger partial charge is 0.397 e. The van der Waals surface area contributed by atoms with E-state index in [2.05, 4.69) is 56.5 Å². The molecule has 0 saturated carbocycles. The van der Waals surface area contributed by atoms with Crippen LogP contribution in [-0.2, 0) is 6.54 Å². The molecule has 0 radical (unpaired) electrons. The van der Waals surface area contributed by atoms with Crippen molar-refractivity contribution in [3.05, 3.63) is 52.2 Å². The number of nitrogen functional groups attached to an aromatic ring is 1. The maximum Gasteiger partial charge on any atom is 0.157 e. The van der Waals surface area contributed by atoms with Gasteiger partial charge in [0, 0.05) is 43.8 Å². The standard InChI is InChI=1S/C23H29N7OS/c1-14-12-18-26-15(2)27-30(18)23-19(14)20(24)21(32-23)22(31)25-13-16-4-6-17(7-5-16)29-10-8-28(3)9-11-29/h4-7,12,22,25,31H,8-11,13,24H2,1-3H3. The average Bonchev–Trinajstić information content (AvgIpc) is 3.33. The summed E-state index contributed by atoms with van der Waals surface area (Å²) in [6.45, 7) is 8.72. The third-order valence-corrected chi connectivity index (χ3v) is 7.41. The minimum atomic E-state index is -0.858. The van der Waals surface area contributed by atoms with Crippen LogP contribution in [0, 0.1) is 13.8 Å². The number of aliphatic hydroxyl groups excluding tert-OH is 1. The smallest absolute Gasteiger partial charge is 0.157 e. The zero-order chi connectivity index (χ0) is 22.4. The van der Waals surface area contributed by atoms with Gasteiger partial charge in [0.15, 0.2) is 5.65 Å². The number of hydrogen-bond acceptors (Lipinski definition) is 8. The molecule has 1 fully saturated rings. The van der Waals surface area contributed by atoms with Crippen molar-refractivity contribution in [2.45, 2.75) is 26.6 Å². The molecule has 4 heterocycles. The van der Waals surface area contributed by atoms with Gasteiger partial charge in [0.05, 0.1) is 10.6 Å². The summed E-state index contributed by atoms with van der Waals surface area (Å²) in [4.78, 5) is 10.8. The summed E-state index contributed by atoms with van der Waals surface area (Å²) < 4.78 is 1.81. The Morgan fingerprint density at radius 3 is 2.59 bits per heavy atom. The number of piperazine rings is 1. The van der Waals surface area contributed by atoms with E-state index in [1.165, 1.54) is 17.0 Å². The van der Waals surface area contributed by atoms with Crippen LogP contribution in [-0.4, -0.2) is 57.8 Å². The summed E-state index contributed by atoms with van der Waals surface area (Å²) in [6, 6.07) is 10.5. The molecule has 1 unspecified atom stereocenters. The van der Waals surface area contributed by atoms with Gasteiger partial charge in [0.25, 0.3) is 0 Å². The lowest BCUT2D eigenvalue weighted by atomic mass is 10.1. The first-order valence-electron chi connectivity index (χ1n) is 10.9. The topological polar surface area (TPSA) is 94.9 Å². The summed E-state index contributed by atoms with van der Waals surface area (Å²) in [5.74, 6) is 0.712. The quantitative estimate of drug-likeness (QED) is 0.402. The summed E-state index contributed by atoms with van der Waals surface area (Å²) in [6.07, 6.45) is -0.858. The molecule has 0 aliphatic carbocycles. The number of anilines is 2. The zero-order valence-electron chi connectivity index (χ0n) is 18.7. The Hall–Kier alpha value is -2.72. The number of aromatic nitrogens is 3. The van der Waals surface area contributed by atoms with Crippen LogP contribution in [0.3, 0.4) is 0 Å². The number of rotatable bonds is 5. The zero-order valence-corrected chi connectivity index (χ0v) is 19.5. The van der Waals surface area contributed by atoms with Gasteiger partial charge in [-0.05, 0) is 50.2 Å². The molecule has 0 amide bonds. The number of nitrogens with one attached hydrogen (secondary N) is 1. The number of likely N-dealkylation sites (N-methyl/N-ethyl adjacent to an activating group) is 1. The average molecular weight is 452 g/mol. The van der Waals surface area contributed by atoms with E-state index >= 15 is 0 Å². The van der Waals surface area contributed by atoms with Gasteiger partial charge in [-0.1, -0.05) is 12.1 Å². The molecule has 5 rings (SSSR count). The lowest BCUT2D eigenvalue weighted by molar-refractivity contribution is 0.141. The van der Waals surface area contributed by atoms with Crippen molar-refractivity contribution in [1.29, 1.82) is 0 Å². The van der Waals surface area contributed by atoms with Crippen LogP contribution in [0.25, 0.3) is 15.9 Å². The van der Waals surface area contributed by atoms with E-state index in [0.717, 1.165) is 53.2 Å². The number of fused-ring (bicyclic) bond motifs is 3. The number of benzene rings is 1. The predicted octanol–water partition coefficient (Wildman–Crippen LogP) is 2.68. The maximum absolute atomic E-state index is 10.9. The van der Waals surface area contributed by atoms with Crippen LogP contribution in [0.4, 0.5) is 11.4 Å². The van der Waals surface area contributed by atoms with Gasteiger partial charge in [0.2, 0.25) is 0 Å². The summed E-state index contributed by atoms with van der Waals surface area (Å²) in [7, 11) is 2.16. The first-order chi connectivity index (χ1) is 15.4. The predicted molar refractivity (Wildman–Crippen MR) is 130 cm³/mol. The lowest BCUT2D eigenvalue weighted by Gasteiger charge is -2.34. The summed E-state index contributed by atoms with van der Waals surface area (Å²) in [5, 5.41) is 19.5. The Bertz CT molecular complexity index is 1260. The fraction of sp³-hybridized carbons (Fsp3) is 0.391. The van der Waals surface area contributed by atoms with E-state index in [4.69, 9.17) is 5.73 Å². The van der Waals surface area contributed by atoms with Crippen LogP contribution in [0.1, 0.15) is 28.1 Å². The van der Waals surface area contributed by atoms with Crippen LogP contribution in [0.5, 0.6) is 0 Å². The molecule has 1 aromatic carbocycles.